The Bertz CT molecular complexity index is 1360. The van der Waals surface area contributed by atoms with Gasteiger partial charge >= 0.3 is 0 Å². The maximum Gasteiger partial charge on any atom is 0.256 e. The van der Waals surface area contributed by atoms with Crippen LogP contribution >= 0.6 is 0 Å². The van der Waals surface area contributed by atoms with Crippen LogP contribution in [0, 0.1) is 5.92 Å². The molecule has 1 saturated heterocycles. The van der Waals surface area contributed by atoms with E-state index in [4.69, 9.17) is 9.47 Å². The van der Waals surface area contributed by atoms with E-state index in [1.54, 1.807) is 6.07 Å². The molecule has 2 bridgehead atoms. The monoisotopic (exact) mass is 521 g/mol. The zero-order valence-electron chi connectivity index (χ0n) is 21.1. The Labute approximate surface area is 219 Å². The largest absolute Gasteiger partial charge is 0.508 e. The molecule has 2 fully saturated rings. The third kappa shape index (κ3) is 3.21. The smallest absolute Gasteiger partial charge is 0.256 e. The van der Waals surface area contributed by atoms with Crippen molar-refractivity contribution in [3.8, 4) is 17.4 Å². The van der Waals surface area contributed by atoms with Gasteiger partial charge in [-0.25, -0.2) is 9.97 Å². The summed E-state index contributed by atoms with van der Waals surface area (Å²) in [7, 11) is 0. The maximum atomic E-state index is 13.6. The summed E-state index contributed by atoms with van der Waals surface area (Å²) >= 11 is 0. The fourth-order valence-electron chi connectivity index (χ4n) is 6.99. The molecule has 1 amide bonds. The molecule has 1 saturated carbocycles. The molecule has 1 spiro atoms. The molecule has 5 aliphatic rings. The van der Waals surface area contributed by atoms with Crippen molar-refractivity contribution >= 4 is 11.7 Å². The first-order chi connectivity index (χ1) is 18.4. The van der Waals surface area contributed by atoms with Crippen molar-refractivity contribution in [2.24, 2.45) is 5.92 Å². The number of rotatable bonds is 6. The highest BCUT2D eigenvalue weighted by Crippen LogP contribution is 2.62. The number of hydrogen-bond acceptors (Lipinski definition) is 10. The van der Waals surface area contributed by atoms with Crippen LogP contribution in [0.4, 0.5) is 5.82 Å². The number of nitrogens with one attached hydrogen (secondary N) is 2. The SMILES string of the molecule is CCOc1cc(NC(=O)C2=C(O)C3Oc4c(O)ccc5c4C34NCN(CC3CC3)C(CC5)C4(O)C2)ncn1. The standard InChI is InChI=1S/C27H31N5O6/c1-2-37-20-9-19(28-12-29-20)31-25(35)16-10-26(36)18-8-6-15-5-7-17(33)23-21(15)27(26,24(38-23)22(16)34)30-13-32(18)11-14-3-4-14/h5,7,9,12,14,18,24,30,33-34,36H,2-4,6,8,10-11,13H2,1H3,(H,28,29,31,35). The number of hydrogen-bond donors (Lipinski definition) is 5. The van der Waals surface area contributed by atoms with Gasteiger partial charge in [0.2, 0.25) is 5.88 Å². The summed E-state index contributed by atoms with van der Waals surface area (Å²) in [5.74, 6) is 0.463. The molecule has 200 valence electrons. The molecule has 3 aliphatic carbocycles. The van der Waals surface area contributed by atoms with Gasteiger partial charge in [-0.3, -0.25) is 15.0 Å². The summed E-state index contributed by atoms with van der Waals surface area (Å²) in [6.45, 7) is 3.60. The normalized spacial score (nSPS) is 31.3. The Morgan fingerprint density at radius 1 is 1.29 bits per heavy atom. The number of aromatic hydroxyl groups is 1. The molecule has 38 heavy (non-hydrogen) atoms. The second kappa shape index (κ2) is 8.29. The number of phenols is 1. The van der Waals surface area contributed by atoms with Crippen LogP contribution in [-0.4, -0.2) is 73.7 Å². The number of aryl methyl sites for hydroxylation is 1. The predicted molar refractivity (Wildman–Crippen MR) is 135 cm³/mol. The second-order valence-corrected chi connectivity index (χ2v) is 11.0. The van der Waals surface area contributed by atoms with E-state index in [0.717, 1.165) is 12.1 Å². The van der Waals surface area contributed by atoms with E-state index in [9.17, 15) is 20.1 Å². The van der Waals surface area contributed by atoms with Gasteiger partial charge in [-0.1, -0.05) is 6.07 Å². The van der Waals surface area contributed by atoms with Gasteiger partial charge in [0.25, 0.3) is 5.91 Å². The third-order valence-electron chi connectivity index (χ3n) is 8.81. The van der Waals surface area contributed by atoms with Crippen molar-refractivity contribution in [2.75, 3.05) is 25.1 Å². The summed E-state index contributed by atoms with van der Waals surface area (Å²) in [4.78, 5) is 24.0. The van der Waals surface area contributed by atoms with E-state index in [0.29, 0.717) is 43.5 Å². The lowest BCUT2D eigenvalue weighted by molar-refractivity contribution is -0.180. The van der Waals surface area contributed by atoms with Gasteiger partial charge in [-0.15, -0.1) is 0 Å². The predicted octanol–water partition coefficient (Wildman–Crippen LogP) is 1.71. The highest BCUT2D eigenvalue weighted by atomic mass is 16.5. The molecule has 5 N–H and O–H groups in total. The lowest BCUT2D eigenvalue weighted by Crippen LogP contribution is -2.79. The lowest BCUT2D eigenvalue weighted by Gasteiger charge is -2.59. The quantitative estimate of drug-likeness (QED) is 0.380. The molecule has 4 unspecified atom stereocenters. The second-order valence-electron chi connectivity index (χ2n) is 11.0. The number of aromatic nitrogens is 2. The van der Waals surface area contributed by atoms with Gasteiger partial charge in [0.15, 0.2) is 17.6 Å². The van der Waals surface area contributed by atoms with Gasteiger partial charge in [0.1, 0.15) is 29.0 Å². The summed E-state index contributed by atoms with van der Waals surface area (Å²) < 4.78 is 11.6. The van der Waals surface area contributed by atoms with E-state index >= 15 is 0 Å². The van der Waals surface area contributed by atoms with Crippen LogP contribution in [0.5, 0.6) is 17.4 Å². The van der Waals surface area contributed by atoms with Crippen molar-refractivity contribution in [1.29, 1.82) is 0 Å². The van der Waals surface area contributed by atoms with Crippen molar-refractivity contribution in [3.05, 3.63) is 47.0 Å². The van der Waals surface area contributed by atoms with Crippen molar-refractivity contribution in [2.45, 2.75) is 62.3 Å². The van der Waals surface area contributed by atoms with Gasteiger partial charge in [-0.05, 0) is 50.2 Å². The minimum Gasteiger partial charge on any atom is -0.508 e. The molecule has 11 nitrogen and oxygen atoms in total. The Kier molecular flexibility index (Phi) is 5.17. The van der Waals surface area contributed by atoms with Crippen molar-refractivity contribution < 1.29 is 29.6 Å². The van der Waals surface area contributed by atoms with E-state index in [1.807, 2.05) is 13.0 Å². The number of aliphatic hydroxyl groups excluding tert-OH is 1. The van der Waals surface area contributed by atoms with Crippen LogP contribution in [0.25, 0.3) is 0 Å². The summed E-state index contributed by atoms with van der Waals surface area (Å²) in [5, 5.41) is 41.3. The van der Waals surface area contributed by atoms with Crippen molar-refractivity contribution in [3.63, 3.8) is 0 Å². The molecule has 1 aromatic carbocycles. The van der Waals surface area contributed by atoms with Crippen LogP contribution < -0.4 is 20.1 Å². The average molecular weight is 522 g/mol. The van der Waals surface area contributed by atoms with Gasteiger partial charge in [0.05, 0.1) is 12.2 Å². The topological polar surface area (TPSA) is 149 Å². The number of nitrogens with zero attached hydrogens (tertiary/aromatic N) is 3. The Hall–Kier alpha value is -3.41. The Morgan fingerprint density at radius 2 is 2.13 bits per heavy atom. The number of aliphatic hydroxyl groups is 2. The highest BCUT2D eigenvalue weighted by molar-refractivity contribution is 6.04. The number of phenolic OH excluding ortho intramolecular Hbond substituents is 1. The van der Waals surface area contributed by atoms with Crippen LogP contribution in [0.2, 0.25) is 0 Å². The first-order valence-corrected chi connectivity index (χ1v) is 13.3. The zero-order valence-corrected chi connectivity index (χ0v) is 21.1. The van der Waals surface area contributed by atoms with E-state index in [1.165, 1.54) is 25.2 Å². The van der Waals surface area contributed by atoms with Crippen LogP contribution in [-0.2, 0) is 16.8 Å². The number of amides is 1. The van der Waals surface area contributed by atoms with Crippen LogP contribution in [0.15, 0.2) is 35.9 Å². The summed E-state index contributed by atoms with van der Waals surface area (Å²) in [6, 6.07) is 4.69. The Morgan fingerprint density at radius 3 is 2.92 bits per heavy atom. The minimum atomic E-state index is -1.49. The minimum absolute atomic E-state index is 0.0283. The first-order valence-electron chi connectivity index (χ1n) is 13.3. The number of carbonyl (C=O) groups is 1. The van der Waals surface area contributed by atoms with E-state index in [-0.39, 0.29) is 41.1 Å². The maximum absolute atomic E-state index is 13.6. The van der Waals surface area contributed by atoms with E-state index in [2.05, 4.69) is 25.5 Å². The third-order valence-corrected chi connectivity index (χ3v) is 8.81. The van der Waals surface area contributed by atoms with Crippen LogP contribution in [0.3, 0.4) is 0 Å². The van der Waals surface area contributed by atoms with Gasteiger partial charge in [0, 0.05) is 37.3 Å². The van der Waals surface area contributed by atoms with Crippen LogP contribution in [0.1, 0.15) is 43.7 Å². The molecule has 3 heterocycles. The van der Waals surface area contributed by atoms with Gasteiger partial charge in [-0.2, -0.15) is 0 Å². The number of benzene rings is 1. The fourth-order valence-corrected chi connectivity index (χ4v) is 6.99. The average Bonchev–Trinajstić information content (AvgIpc) is 3.64. The molecule has 4 atom stereocenters. The molecule has 2 aliphatic heterocycles. The van der Waals surface area contributed by atoms with Crippen molar-refractivity contribution in [1.82, 2.24) is 20.2 Å². The summed E-state index contributed by atoms with van der Waals surface area (Å²) in [5.41, 5.74) is -1.02. The molecule has 1 aromatic heterocycles. The molecule has 7 rings (SSSR count). The van der Waals surface area contributed by atoms with E-state index < -0.39 is 23.2 Å². The number of anilines is 1. The molecule has 2 aromatic rings. The zero-order chi connectivity index (χ0) is 26.2. The number of ether oxygens (including phenoxy) is 2. The fraction of sp³-hybridized carbons (Fsp3) is 0.519. The molecular formula is C27H31N5O6. The number of carbonyl (C=O) groups excluding carboxylic acids is 1. The molecular weight excluding hydrogens is 490 g/mol. The highest BCUT2D eigenvalue weighted by Gasteiger charge is 2.72. The van der Waals surface area contributed by atoms with Gasteiger partial charge < -0.3 is 30.1 Å². The summed E-state index contributed by atoms with van der Waals surface area (Å²) in [6.07, 6.45) is 3.81. The lowest BCUT2D eigenvalue weighted by atomic mass is 9.60. The first kappa shape index (κ1) is 23.7. The molecule has 11 heteroatoms. The Balaban J connectivity index is 1.33. The molecule has 0 radical (unpaired) electrons.